The smallest absolute Gasteiger partial charge is 0.304 e. The molecule has 1 fully saturated rings. The van der Waals surface area contributed by atoms with E-state index in [9.17, 15) is 19.3 Å². The lowest BCUT2D eigenvalue weighted by molar-refractivity contribution is -0.387. The number of rotatable bonds is 4. The zero-order chi connectivity index (χ0) is 14.7. The molecule has 20 heavy (non-hydrogen) atoms. The van der Waals surface area contributed by atoms with Crippen LogP contribution >= 0.6 is 0 Å². The van der Waals surface area contributed by atoms with E-state index in [1.165, 1.54) is 6.07 Å². The van der Waals surface area contributed by atoms with Gasteiger partial charge >= 0.3 is 5.69 Å². The molecule has 0 saturated heterocycles. The molecule has 1 aliphatic rings. The van der Waals surface area contributed by atoms with Crippen LogP contribution in [0.25, 0.3) is 0 Å². The van der Waals surface area contributed by atoms with Crippen LogP contribution in [0.2, 0.25) is 0 Å². The Labute approximate surface area is 115 Å². The summed E-state index contributed by atoms with van der Waals surface area (Å²) < 4.78 is 18.7. The molecule has 2 atom stereocenters. The number of halogens is 1. The minimum atomic E-state index is -1.01. The summed E-state index contributed by atoms with van der Waals surface area (Å²) in [5.74, 6) is -1.44. The molecule has 1 aliphatic carbocycles. The highest BCUT2D eigenvalue weighted by molar-refractivity contribution is 5.94. The topological polar surface area (TPSA) is 81.5 Å². The molecule has 7 heteroatoms. The van der Waals surface area contributed by atoms with E-state index in [0.717, 1.165) is 31.4 Å². The Hall–Kier alpha value is -2.02. The molecule has 0 spiro atoms. The number of hydrogen-bond acceptors (Lipinski definition) is 4. The minimum absolute atomic E-state index is 0.00861. The first-order valence-corrected chi connectivity index (χ1v) is 6.29. The molecule has 0 aliphatic heterocycles. The quantitative estimate of drug-likeness (QED) is 0.676. The van der Waals surface area contributed by atoms with E-state index in [-0.39, 0.29) is 17.7 Å². The summed E-state index contributed by atoms with van der Waals surface area (Å²) >= 11 is 0. The van der Waals surface area contributed by atoms with Gasteiger partial charge in [-0.15, -0.1) is 0 Å². The first-order valence-electron chi connectivity index (χ1n) is 6.29. The second kappa shape index (κ2) is 5.96. The molecule has 0 aromatic heterocycles. The van der Waals surface area contributed by atoms with Crippen molar-refractivity contribution in [3.05, 3.63) is 39.7 Å². The zero-order valence-corrected chi connectivity index (χ0v) is 11.0. The fraction of sp³-hybridized carbons (Fsp3) is 0.462. The molecule has 1 saturated carbocycles. The van der Waals surface area contributed by atoms with Crippen molar-refractivity contribution in [3.63, 3.8) is 0 Å². The van der Waals surface area contributed by atoms with Crippen LogP contribution in [-0.4, -0.2) is 30.1 Å². The van der Waals surface area contributed by atoms with E-state index in [4.69, 9.17) is 4.74 Å². The lowest BCUT2D eigenvalue weighted by Gasteiger charge is -2.13. The normalized spacial score (nSPS) is 21.7. The Bertz CT molecular complexity index is 535. The summed E-state index contributed by atoms with van der Waals surface area (Å²) in [4.78, 5) is 21.6. The number of ether oxygens (including phenoxy) is 1. The standard InChI is InChI=1S/C13H15FN2O4/c1-20-10-4-3-9(7-10)15-13(17)8-2-5-12(16(18)19)11(14)6-8/h2,5-6,9-10H,3-4,7H2,1H3,(H,15,17). The van der Waals surface area contributed by atoms with Crippen LogP contribution in [0.3, 0.4) is 0 Å². The van der Waals surface area contributed by atoms with Gasteiger partial charge in [0.15, 0.2) is 0 Å². The predicted molar refractivity (Wildman–Crippen MR) is 69.0 cm³/mol. The molecule has 1 aromatic rings. The van der Waals surface area contributed by atoms with E-state index >= 15 is 0 Å². The average Bonchev–Trinajstić information content (AvgIpc) is 2.85. The number of nitro groups is 1. The second-order valence-electron chi connectivity index (χ2n) is 4.76. The average molecular weight is 282 g/mol. The molecular weight excluding hydrogens is 267 g/mol. The third kappa shape index (κ3) is 3.11. The number of amides is 1. The van der Waals surface area contributed by atoms with Gasteiger partial charge in [-0.05, 0) is 31.4 Å². The van der Waals surface area contributed by atoms with Crippen LogP contribution < -0.4 is 5.32 Å². The summed E-state index contributed by atoms with van der Waals surface area (Å²) in [6.45, 7) is 0. The highest BCUT2D eigenvalue weighted by atomic mass is 19.1. The van der Waals surface area contributed by atoms with Crippen molar-refractivity contribution in [1.29, 1.82) is 0 Å². The Kier molecular flexibility index (Phi) is 4.29. The van der Waals surface area contributed by atoms with Crippen LogP contribution in [0.4, 0.5) is 10.1 Å². The Balaban J connectivity index is 2.03. The molecule has 1 amide bonds. The SMILES string of the molecule is COC1CCC(NC(=O)c2ccc([N+](=O)[O-])c(F)c2)C1. The van der Waals surface area contributed by atoms with Crippen molar-refractivity contribution in [2.45, 2.75) is 31.4 Å². The highest BCUT2D eigenvalue weighted by Gasteiger charge is 2.26. The van der Waals surface area contributed by atoms with E-state index in [0.29, 0.717) is 0 Å². The number of benzene rings is 1. The molecule has 0 heterocycles. The summed E-state index contributed by atoms with van der Waals surface area (Å²) in [6, 6.07) is 3.12. The summed E-state index contributed by atoms with van der Waals surface area (Å²) in [6.07, 6.45) is 2.53. The van der Waals surface area contributed by atoms with Gasteiger partial charge in [-0.1, -0.05) is 0 Å². The minimum Gasteiger partial charge on any atom is -0.381 e. The molecular formula is C13H15FN2O4. The van der Waals surface area contributed by atoms with Crippen molar-refractivity contribution >= 4 is 11.6 Å². The largest absolute Gasteiger partial charge is 0.381 e. The van der Waals surface area contributed by atoms with Gasteiger partial charge in [0, 0.05) is 24.8 Å². The Morgan fingerprint density at radius 2 is 2.25 bits per heavy atom. The van der Waals surface area contributed by atoms with Crippen molar-refractivity contribution < 1.29 is 18.8 Å². The summed E-state index contributed by atoms with van der Waals surface area (Å²) in [5, 5.41) is 13.3. The highest BCUT2D eigenvalue weighted by Crippen LogP contribution is 2.22. The maximum atomic E-state index is 13.4. The first kappa shape index (κ1) is 14.4. The van der Waals surface area contributed by atoms with Crippen LogP contribution in [0.1, 0.15) is 29.6 Å². The second-order valence-corrected chi connectivity index (χ2v) is 4.76. The molecule has 0 bridgehead atoms. The number of nitrogens with zero attached hydrogens (tertiary/aromatic N) is 1. The van der Waals surface area contributed by atoms with Crippen LogP contribution in [-0.2, 0) is 4.74 Å². The van der Waals surface area contributed by atoms with Gasteiger partial charge in [0.2, 0.25) is 5.82 Å². The van der Waals surface area contributed by atoms with E-state index < -0.39 is 22.3 Å². The van der Waals surface area contributed by atoms with Crippen molar-refractivity contribution in [2.75, 3.05) is 7.11 Å². The third-order valence-electron chi connectivity index (χ3n) is 3.46. The number of hydrogen-bond donors (Lipinski definition) is 1. The maximum Gasteiger partial charge on any atom is 0.304 e. The first-order chi connectivity index (χ1) is 9.51. The summed E-state index contributed by atoms with van der Waals surface area (Å²) in [5.41, 5.74) is -0.559. The van der Waals surface area contributed by atoms with Crippen LogP contribution in [0.5, 0.6) is 0 Å². The van der Waals surface area contributed by atoms with Gasteiger partial charge in [-0.3, -0.25) is 14.9 Å². The third-order valence-corrected chi connectivity index (χ3v) is 3.46. The van der Waals surface area contributed by atoms with Crippen LogP contribution in [0.15, 0.2) is 18.2 Å². The Morgan fingerprint density at radius 3 is 2.80 bits per heavy atom. The fourth-order valence-corrected chi connectivity index (χ4v) is 2.35. The Morgan fingerprint density at radius 1 is 1.50 bits per heavy atom. The number of nitro benzene ring substituents is 1. The molecule has 6 nitrogen and oxygen atoms in total. The van der Waals surface area contributed by atoms with E-state index in [2.05, 4.69) is 5.32 Å². The van der Waals surface area contributed by atoms with Gasteiger partial charge in [-0.2, -0.15) is 4.39 Å². The predicted octanol–water partition coefficient (Wildman–Crippen LogP) is 2.03. The summed E-state index contributed by atoms with van der Waals surface area (Å²) in [7, 11) is 1.63. The van der Waals surface area contributed by atoms with Gasteiger partial charge < -0.3 is 10.1 Å². The van der Waals surface area contributed by atoms with Crippen molar-refractivity contribution in [1.82, 2.24) is 5.32 Å². The van der Waals surface area contributed by atoms with Gasteiger partial charge in [0.1, 0.15) is 0 Å². The van der Waals surface area contributed by atoms with Crippen molar-refractivity contribution in [3.8, 4) is 0 Å². The lowest BCUT2D eigenvalue weighted by atomic mass is 10.1. The molecule has 1 aromatic carbocycles. The molecule has 108 valence electrons. The van der Waals surface area contributed by atoms with E-state index in [1.54, 1.807) is 7.11 Å². The molecule has 2 unspecified atom stereocenters. The maximum absolute atomic E-state index is 13.4. The number of carbonyl (C=O) groups excluding carboxylic acids is 1. The van der Waals surface area contributed by atoms with E-state index in [1.807, 2.05) is 0 Å². The van der Waals surface area contributed by atoms with Gasteiger partial charge in [-0.25, -0.2) is 0 Å². The lowest BCUT2D eigenvalue weighted by Crippen LogP contribution is -2.33. The molecule has 1 N–H and O–H groups in total. The van der Waals surface area contributed by atoms with Gasteiger partial charge in [0.05, 0.1) is 11.0 Å². The van der Waals surface area contributed by atoms with Crippen LogP contribution in [0, 0.1) is 15.9 Å². The molecule has 2 rings (SSSR count). The molecule has 0 radical (unpaired) electrons. The monoisotopic (exact) mass is 282 g/mol. The van der Waals surface area contributed by atoms with Crippen molar-refractivity contribution in [2.24, 2.45) is 0 Å². The number of nitrogens with one attached hydrogen (secondary N) is 1. The number of methoxy groups -OCH3 is 1. The zero-order valence-electron chi connectivity index (χ0n) is 11.0. The van der Waals surface area contributed by atoms with Gasteiger partial charge in [0.25, 0.3) is 5.91 Å². The fourth-order valence-electron chi connectivity index (χ4n) is 2.35. The number of carbonyl (C=O) groups is 1.